The normalized spacial score (nSPS) is 24.9. The molecule has 2 aliphatic rings. The Morgan fingerprint density at radius 3 is 2.55 bits per heavy atom. The van der Waals surface area contributed by atoms with E-state index in [9.17, 15) is 0 Å². The molecule has 4 heterocycles. The monoisotopic (exact) mass is 299 g/mol. The Morgan fingerprint density at radius 2 is 1.91 bits per heavy atom. The van der Waals surface area contributed by atoms with Crippen molar-refractivity contribution < 1.29 is 4.52 Å². The lowest BCUT2D eigenvalue weighted by Crippen LogP contribution is -2.29. The zero-order valence-corrected chi connectivity index (χ0v) is 13.1. The van der Waals surface area contributed by atoms with Gasteiger partial charge in [0.25, 0.3) is 0 Å². The number of nitrogens with zero attached hydrogens (tertiary/aromatic N) is 5. The Morgan fingerprint density at radius 1 is 1.14 bits per heavy atom. The standard InChI is InChI=1S/C16H21N5O/c1-11-3-17-10-18-16(11)21-8-14-6-20(7-15(14)9-21)5-13-4-19-22-12(13)2/h3-4,10,14-15H,5-9H2,1-2H3. The second kappa shape index (κ2) is 5.35. The van der Waals surface area contributed by atoms with Crippen LogP contribution in [0.5, 0.6) is 0 Å². The van der Waals surface area contributed by atoms with Gasteiger partial charge in [0.05, 0.1) is 6.20 Å². The van der Waals surface area contributed by atoms with Gasteiger partial charge in [0.2, 0.25) is 0 Å². The summed E-state index contributed by atoms with van der Waals surface area (Å²) >= 11 is 0. The van der Waals surface area contributed by atoms with Gasteiger partial charge < -0.3 is 9.42 Å². The molecule has 2 fully saturated rings. The highest BCUT2D eigenvalue weighted by atomic mass is 16.5. The van der Waals surface area contributed by atoms with Gasteiger partial charge in [-0.1, -0.05) is 5.16 Å². The highest BCUT2D eigenvalue weighted by molar-refractivity contribution is 5.46. The van der Waals surface area contributed by atoms with E-state index in [0.29, 0.717) is 0 Å². The molecule has 4 rings (SSSR count). The van der Waals surface area contributed by atoms with E-state index in [2.05, 4.69) is 31.8 Å². The van der Waals surface area contributed by atoms with Gasteiger partial charge in [0.15, 0.2) is 0 Å². The van der Waals surface area contributed by atoms with Crippen molar-refractivity contribution in [1.82, 2.24) is 20.0 Å². The summed E-state index contributed by atoms with van der Waals surface area (Å²) < 4.78 is 5.16. The van der Waals surface area contributed by atoms with Crippen molar-refractivity contribution >= 4 is 5.82 Å². The smallest absolute Gasteiger partial charge is 0.138 e. The van der Waals surface area contributed by atoms with Crippen molar-refractivity contribution in [2.75, 3.05) is 31.1 Å². The predicted molar refractivity (Wildman–Crippen MR) is 82.5 cm³/mol. The van der Waals surface area contributed by atoms with E-state index in [1.165, 1.54) is 11.1 Å². The van der Waals surface area contributed by atoms with Crippen LogP contribution in [-0.2, 0) is 6.54 Å². The maximum absolute atomic E-state index is 5.16. The molecule has 0 aliphatic carbocycles. The van der Waals surface area contributed by atoms with Crippen molar-refractivity contribution in [2.45, 2.75) is 20.4 Å². The third-order valence-electron chi connectivity index (χ3n) is 4.97. The van der Waals surface area contributed by atoms with Crippen LogP contribution in [0.3, 0.4) is 0 Å². The van der Waals surface area contributed by atoms with Crippen molar-refractivity contribution in [2.24, 2.45) is 11.8 Å². The van der Waals surface area contributed by atoms with Gasteiger partial charge in [-0.15, -0.1) is 0 Å². The summed E-state index contributed by atoms with van der Waals surface area (Å²) in [5.74, 6) is 3.50. The van der Waals surface area contributed by atoms with Gasteiger partial charge in [-0.25, -0.2) is 9.97 Å². The lowest BCUT2D eigenvalue weighted by Gasteiger charge is -2.23. The summed E-state index contributed by atoms with van der Waals surface area (Å²) in [6, 6.07) is 0. The van der Waals surface area contributed by atoms with E-state index in [0.717, 1.165) is 56.1 Å². The second-order valence-electron chi connectivity index (χ2n) is 6.56. The van der Waals surface area contributed by atoms with Crippen LogP contribution in [0, 0.1) is 25.7 Å². The van der Waals surface area contributed by atoms with E-state index < -0.39 is 0 Å². The second-order valence-corrected chi connectivity index (χ2v) is 6.56. The molecule has 2 aromatic heterocycles. The molecular weight excluding hydrogens is 278 g/mol. The van der Waals surface area contributed by atoms with Crippen LogP contribution < -0.4 is 4.90 Å². The fraction of sp³-hybridized carbons (Fsp3) is 0.562. The summed E-state index contributed by atoms with van der Waals surface area (Å²) in [4.78, 5) is 13.5. The highest BCUT2D eigenvalue weighted by Crippen LogP contribution is 2.34. The Kier molecular flexibility index (Phi) is 3.33. The number of likely N-dealkylation sites (tertiary alicyclic amines) is 1. The lowest BCUT2D eigenvalue weighted by atomic mass is 10.0. The molecule has 0 saturated carbocycles. The maximum Gasteiger partial charge on any atom is 0.138 e. The van der Waals surface area contributed by atoms with E-state index in [-0.39, 0.29) is 0 Å². The average molecular weight is 299 g/mol. The molecule has 22 heavy (non-hydrogen) atoms. The first-order chi connectivity index (χ1) is 10.7. The number of aryl methyl sites for hydroxylation is 2. The number of hydrogen-bond donors (Lipinski definition) is 0. The van der Waals surface area contributed by atoms with Gasteiger partial charge in [-0.2, -0.15) is 0 Å². The Hall–Kier alpha value is -1.95. The van der Waals surface area contributed by atoms with Gasteiger partial charge in [-0.3, -0.25) is 4.90 Å². The van der Waals surface area contributed by atoms with Crippen LogP contribution >= 0.6 is 0 Å². The van der Waals surface area contributed by atoms with E-state index in [1.54, 1.807) is 6.33 Å². The van der Waals surface area contributed by atoms with Crippen molar-refractivity contribution in [3.05, 3.63) is 35.6 Å². The molecule has 0 spiro atoms. The van der Waals surface area contributed by atoms with Crippen LogP contribution in [0.25, 0.3) is 0 Å². The van der Waals surface area contributed by atoms with Gasteiger partial charge in [0.1, 0.15) is 17.9 Å². The Bertz CT molecular complexity index is 656. The lowest BCUT2D eigenvalue weighted by molar-refractivity contribution is 0.305. The van der Waals surface area contributed by atoms with Crippen LogP contribution in [-0.4, -0.2) is 46.2 Å². The fourth-order valence-electron chi connectivity index (χ4n) is 3.83. The first-order valence-electron chi connectivity index (χ1n) is 7.85. The molecule has 0 amide bonds. The van der Waals surface area contributed by atoms with Gasteiger partial charge in [0, 0.05) is 50.0 Å². The Balaban J connectivity index is 1.40. The molecule has 6 nitrogen and oxygen atoms in total. The fourth-order valence-corrected chi connectivity index (χ4v) is 3.83. The Labute approximate surface area is 130 Å². The topological polar surface area (TPSA) is 58.3 Å². The summed E-state index contributed by atoms with van der Waals surface area (Å²) in [7, 11) is 0. The predicted octanol–water partition coefficient (Wildman–Crippen LogP) is 1.65. The van der Waals surface area contributed by atoms with Crippen molar-refractivity contribution in [1.29, 1.82) is 0 Å². The van der Waals surface area contributed by atoms with E-state index in [1.807, 2.05) is 19.3 Å². The van der Waals surface area contributed by atoms with Gasteiger partial charge >= 0.3 is 0 Å². The number of anilines is 1. The first-order valence-corrected chi connectivity index (χ1v) is 7.85. The first kappa shape index (κ1) is 13.7. The molecule has 0 bridgehead atoms. The zero-order valence-electron chi connectivity index (χ0n) is 13.1. The maximum atomic E-state index is 5.16. The van der Waals surface area contributed by atoms with Crippen molar-refractivity contribution in [3.63, 3.8) is 0 Å². The van der Waals surface area contributed by atoms with Crippen molar-refractivity contribution in [3.8, 4) is 0 Å². The molecule has 2 unspecified atom stereocenters. The molecule has 2 aliphatic heterocycles. The number of hydrogen-bond acceptors (Lipinski definition) is 6. The molecular formula is C16H21N5O. The van der Waals surface area contributed by atoms with Crippen LogP contribution in [0.15, 0.2) is 23.2 Å². The quantitative estimate of drug-likeness (QED) is 0.859. The summed E-state index contributed by atoms with van der Waals surface area (Å²) in [5.41, 5.74) is 2.38. The largest absolute Gasteiger partial charge is 0.361 e. The number of fused-ring (bicyclic) bond motifs is 1. The van der Waals surface area contributed by atoms with Crippen LogP contribution in [0.4, 0.5) is 5.82 Å². The molecule has 2 aromatic rings. The third-order valence-corrected chi connectivity index (χ3v) is 4.97. The average Bonchev–Trinajstić information content (AvgIpc) is 3.15. The molecule has 2 atom stereocenters. The van der Waals surface area contributed by atoms with E-state index in [4.69, 9.17) is 4.52 Å². The number of aromatic nitrogens is 3. The number of rotatable bonds is 3. The third kappa shape index (κ3) is 2.37. The minimum Gasteiger partial charge on any atom is -0.361 e. The molecule has 2 saturated heterocycles. The summed E-state index contributed by atoms with van der Waals surface area (Å²) in [6.07, 6.45) is 5.40. The minimum absolute atomic E-state index is 0.731. The minimum atomic E-state index is 0.731. The van der Waals surface area contributed by atoms with Crippen LogP contribution in [0.2, 0.25) is 0 Å². The molecule has 0 radical (unpaired) electrons. The highest BCUT2D eigenvalue weighted by Gasteiger charge is 2.40. The summed E-state index contributed by atoms with van der Waals surface area (Å²) in [6.45, 7) is 9.52. The molecule has 6 heteroatoms. The molecule has 0 N–H and O–H groups in total. The zero-order chi connectivity index (χ0) is 15.1. The molecule has 0 aromatic carbocycles. The SMILES string of the molecule is Cc1cncnc1N1CC2CN(Cc3cnoc3C)CC2C1. The van der Waals surface area contributed by atoms with Crippen LogP contribution in [0.1, 0.15) is 16.9 Å². The van der Waals surface area contributed by atoms with Gasteiger partial charge in [-0.05, 0) is 25.7 Å². The van der Waals surface area contributed by atoms with E-state index >= 15 is 0 Å². The summed E-state index contributed by atoms with van der Waals surface area (Å²) in [5, 5.41) is 3.87. The molecule has 116 valence electrons.